The molecular weight excluding hydrogens is 416 g/mol. The van der Waals surface area contributed by atoms with E-state index in [1.54, 1.807) is 0 Å². The van der Waals surface area contributed by atoms with Gasteiger partial charge in [-0.05, 0) is 36.1 Å². The molecule has 0 bridgehead atoms. The first-order valence-corrected chi connectivity index (χ1v) is 11.4. The van der Waals surface area contributed by atoms with Crippen LogP contribution >= 0.6 is 0 Å². The molecule has 5 rings (SSSR count). The smallest absolute Gasteiger partial charge is 0.224 e. The van der Waals surface area contributed by atoms with Crippen molar-refractivity contribution in [3.63, 3.8) is 0 Å². The van der Waals surface area contributed by atoms with Crippen LogP contribution in [-0.4, -0.2) is 47.1 Å². The molecule has 1 fully saturated rings. The zero-order valence-corrected chi connectivity index (χ0v) is 18.4. The first-order valence-electron chi connectivity index (χ1n) is 11.4. The second kappa shape index (κ2) is 9.11. The molecule has 0 unspecified atom stereocenters. The lowest BCUT2D eigenvalue weighted by atomic mass is 9.89. The molecular formula is C26H28N4O3. The van der Waals surface area contributed by atoms with Crippen molar-refractivity contribution >= 4 is 33.6 Å². The summed E-state index contributed by atoms with van der Waals surface area (Å²) in [6.45, 7) is 1.51. The van der Waals surface area contributed by atoms with Gasteiger partial charge in [0.1, 0.15) is 0 Å². The van der Waals surface area contributed by atoms with Crippen molar-refractivity contribution in [2.24, 2.45) is 0 Å². The van der Waals surface area contributed by atoms with Crippen LogP contribution in [0.15, 0.2) is 60.9 Å². The van der Waals surface area contributed by atoms with E-state index in [4.69, 9.17) is 4.74 Å². The highest BCUT2D eigenvalue weighted by molar-refractivity contribution is 5.90. The van der Waals surface area contributed by atoms with Crippen molar-refractivity contribution in [2.45, 2.75) is 31.2 Å². The molecule has 4 aromatic rings. The van der Waals surface area contributed by atoms with Gasteiger partial charge in [0.25, 0.3) is 0 Å². The highest BCUT2D eigenvalue weighted by Gasteiger charge is 2.34. The van der Waals surface area contributed by atoms with Crippen LogP contribution in [0.1, 0.15) is 24.0 Å². The fourth-order valence-electron chi connectivity index (χ4n) is 4.68. The minimum Gasteiger partial charge on any atom is -0.381 e. The molecule has 7 heteroatoms. The van der Waals surface area contributed by atoms with Gasteiger partial charge >= 0.3 is 0 Å². The van der Waals surface area contributed by atoms with Gasteiger partial charge in [0.05, 0.1) is 18.4 Å². The Morgan fingerprint density at radius 3 is 1.97 bits per heavy atom. The van der Waals surface area contributed by atoms with Gasteiger partial charge in [-0.3, -0.25) is 9.59 Å². The van der Waals surface area contributed by atoms with E-state index < -0.39 is 5.54 Å². The van der Waals surface area contributed by atoms with Gasteiger partial charge < -0.3 is 25.3 Å². The number of benzene rings is 2. The van der Waals surface area contributed by atoms with Gasteiger partial charge in [-0.1, -0.05) is 36.4 Å². The lowest BCUT2D eigenvalue weighted by molar-refractivity contribution is -0.125. The molecule has 2 aromatic carbocycles. The zero-order valence-electron chi connectivity index (χ0n) is 18.4. The summed E-state index contributed by atoms with van der Waals surface area (Å²) < 4.78 is 5.54. The number of H-pyrrole nitrogens is 2. The molecule has 0 spiro atoms. The number of fused-ring (bicyclic) bond motifs is 2. The molecule has 0 radical (unpaired) electrons. The Morgan fingerprint density at radius 1 is 0.818 bits per heavy atom. The predicted octanol–water partition coefficient (Wildman–Crippen LogP) is 3.22. The molecule has 7 nitrogen and oxygen atoms in total. The van der Waals surface area contributed by atoms with Crippen LogP contribution < -0.4 is 10.6 Å². The molecule has 2 amide bonds. The summed E-state index contributed by atoms with van der Waals surface area (Å²) >= 11 is 0. The summed E-state index contributed by atoms with van der Waals surface area (Å²) in [6, 6.07) is 15.9. The summed E-state index contributed by atoms with van der Waals surface area (Å²) in [6.07, 6.45) is 5.69. The third kappa shape index (κ3) is 4.64. The van der Waals surface area contributed by atoms with E-state index in [1.807, 2.05) is 60.9 Å². The molecule has 0 saturated carbocycles. The van der Waals surface area contributed by atoms with E-state index in [1.165, 1.54) is 0 Å². The maximum absolute atomic E-state index is 13.0. The van der Waals surface area contributed by atoms with Gasteiger partial charge in [0.15, 0.2) is 0 Å². The lowest BCUT2D eigenvalue weighted by Crippen LogP contribution is -2.58. The topological polar surface area (TPSA) is 99.0 Å². The Bertz CT molecular complexity index is 1280. The maximum Gasteiger partial charge on any atom is 0.224 e. The minimum atomic E-state index is -0.503. The number of carbonyl (C=O) groups excluding carboxylic acids is 2. The Balaban J connectivity index is 1.23. The van der Waals surface area contributed by atoms with E-state index in [9.17, 15) is 9.59 Å². The number of aromatic nitrogens is 2. The summed E-state index contributed by atoms with van der Waals surface area (Å²) in [5, 5.41) is 8.40. The van der Waals surface area contributed by atoms with Crippen LogP contribution in [0.2, 0.25) is 0 Å². The number of hydrogen-bond donors (Lipinski definition) is 4. The quantitative estimate of drug-likeness (QED) is 0.352. The number of nitrogens with one attached hydrogen (secondary N) is 4. The van der Waals surface area contributed by atoms with Gasteiger partial charge in [0, 0.05) is 54.0 Å². The summed E-state index contributed by atoms with van der Waals surface area (Å²) in [4.78, 5) is 32.2. The fourth-order valence-corrected chi connectivity index (χ4v) is 4.68. The van der Waals surface area contributed by atoms with Crippen LogP contribution in [0.4, 0.5) is 0 Å². The van der Waals surface area contributed by atoms with Crippen molar-refractivity contribution in [2.75, 3.05) is 19.8 Å². The van der Waals surface area contributed by atoms with Crippen molar-refractivity contribution in [3.8, 4) is 0 Å². The van der Waals surface area contributed by atoms with Gasteiger partial charge in [0.2, 0.25) is 11.8 Å². The van der Waals surface area contributed by atoms with Crippen molar-refractivity contribution < 1.29 is 14.3 Å². The zero-order chi connectivity index (χ0) is 22.7. The van der Waals surface area contributed by atoms with Gasteiger partial charge in [-0.25, -0.2) is 0 Å². The second-order valence-electron chi connectivity index (χ2n) is 8.79. The molecule has 3 heterocycles. The number of amides is 2. The lowest BCUT2D eigenvalue weighted by Gasteiger charge is -2.38. The Labute approximate surface area is 191 Å². The van der Waals surface area contributed by atoms with Crippen LogP contribution in [0.5, 0.6) is 0 Å². The van der Waals surface area contributed by atoms with Crippen LogP contribution in [0, 0.1) is 0 Å². The first kappa shape index (κ1) is 21.3. The van der Waals surface area contributed by atoms with Crippen LogP contribution in [0.3, 0.4) is 0 Å². The summed E-state index contributed by atoms with van der Waals surface area (Å²) in [7, 11) is 0. The third-order valence-electron chi connectivity index (χ3n) is 6.53. The average molecular weight is 445 g/mol. The van der Waals surface area contributed by atoms with Crippen LogP contribution in [-0.2, 0) is 27.2 Å². The van der Waals surface area contributed by atoms with E-state index in [-0.39, 0.29) is 18.2 Å². The predicted molar refractivity (Wildman–Crippen MR) is 128 cm³/mol. The number of para-hydroxylation sites is 2. The molecule has 2 aromatic heterocycles. The molecule has 1 aliphatic heterocycles. The average Bonchev–Trinajstić information content (AvgIpc) is 3.43. The second-order valence-corrected chi connectivity index (χ2v) is 8.79. The molecule has 0 aliphatic carbocycles. The molecule has 170 valence electrons. The number of aromatic amines is 2. The third-order valence-corrected chi connectivity index (χ3v) is 6.53. The number of rotatable bonds is 7. The molecule has 1 saturated heterocycles. The molecule has 0 atom stereocenters. The van der Waals surface area contributed by atoms with Crippen LogP contribution in [0.25, 0.3) is 21.8 Å². The van der Waals surface area contributed by atoms with E-state index in [0.29, 0.717) is 39.0 Å². The highest BCUT2D eigenvalue weighted by atomic mass is 16.5. The normalized spacial score (nSPS) is 15.5. The Morgan fingerprint density at radius 2 is 1.36 bits per heavy atom. The fraction of sp³-hybridized carbons (Fsp3) is 0.308. The molecule has 33 heavy (non-hydrogen) atoms. The summed E-state index contributed by atoms with van der Waals surface area (Å²) in [5.74, 6) is -0.107. The van der Waals surface area contributed by atoms with Crippen molar-refractivity contribution in [1.29, 1.82) is 0 Å². The molecule has 4 N–H and O–H groups in total. The van der Waals surface area contributed by atoms with Crippen molar-refractivity contribution in [3.05, 3.63) is 72.1 Å². The standard InChI is InChI=1S/C26H28N4O3/c31-24(13-18-15-27-22-7-3-1-5-20(18)22)29-17-26(9-11-33-12-10-26)30-25(32)14-19-16-28-23-8-4-2-6-21(19)23/h1-8,15-16,27-28H,9-14,17H2,(H,29,31)(H,30,32). The monoisotopic (exact) mass is 444 g/mol. The van der Waals surface area contributed by atoms with Crippen molar-refractivity contribution in [1.82, 2.24) is 20.6 Å². The SMILES string of the molecule is O=C(Cc1c[nH]c2ccccc12)NCC1(NC(=O)Cc2c[nH]c3ccccc23)CCOCC1. The largest absolute Gasteiger partial charge is 0.381 e. The number of carbonyl (C=O) groups is 2. The first-order chi connectivity index (χ1) is 16.1. The number of hydrogen-bond acceptors (Lipinski definition) is 3. The van der Waals surface area contributed by atoms with E-state index >= 15 is 0 Å². The minimum absolute atomic E-state index is 0.0486. The summed E-state index contributed by atoms with van der Waals surface area (Å²) in [5.41, 5.74) is 3.47. The Kier molecular flexibility index (Phi) is 5.88. The Hall–Kier alpha value is -3.58. The highest BCUT2D eigenvalue weighted by Crippen LogP contribution is 2.23. The molecule has 1 aliphatic rings. The number of ether oxygens (including phenoxy) is 1. The van der Waals surface area contributed by atoms with Gasteiger partial charge in [-0.15, -0.1) is 0 Å². The van der Waals surface area contributed by atoms with Gasteiger partial charge in [-0.2, -0.15) is 0 Å². The van der Waals surface area contributed by atoms with E-state index in [0.717, 1.165) is 32.9 Å². The van der Waals surface area contributed by atoms with E-state index in [2.05, 4.69) is 20.6 Å². The maximum atomic E-state index is 13.0.